The highest BCUT2D eigenvalue weighted by Gasteiger charge is 2.16. The largest absolute Gasteiger partial charge is 0.284 e. The van der Waals surface area contributed by atoms with E-state index in [0.29, 0.717) is 5.69 Å². The molecule has 2 heterocycles. The van der Waals surface area contributed by atoms with Crippen LogP contribution in [0.5, 0.6) is 0 Å². The molecule has 0 atom stereocenters. The molecular formula is C14H14N6O3S. The van der Waals surface area contributed by atoms with E-state index < -0.39 is 15.9 Å². The predicted molar refractivity (Wildman–Crippen MR) is 84.3 cm³/mol. The van der Waals surface area contributed by atoms with Gasteiger partial charge in [0.25, 0.3) is 10.0 Å². The lowest BCUT2D eigenvalue weighted by Gasteiger charge is -2.05. The van der Waals surface area contributed by atoms with Gasteiger partial charge in [-0.15, -0.1) is 4.83 Å². The summed E-state index contributed by atoms with van der Waals surface area (Å²) in [7, 11) is -3.84. The highest BCUT2D eigenvalue weighted by atomic mass is 32.2. The molecule has 0 fully saturated rings. The summed E-state index contributed by atoms with van der Waals surface area (Å²) in [6.45, 7) is 0. The Labute approximate surface area is 137 Å². The van der Waals surface area contributed by atoms with E-state index >= 15 is 0 Å². The first kappa shape index (κ1) is 15.9. The van der Waals surface area contributed by atoms with Crippen LogP contribution in [0.15, 0.2) is 59.9 Å². The average molecular weight is 346 g/mol. The second kappa shape index (κ2) is 6.64. The zero-order chi connectivity index (χ0) is 17.0. The van der Waals surface area contributed by atoms with Crippen molar-refractivity contribution in [1.82, 2.24) is 30.2 Å². The van der Waals surface area contributed by atoms with Gasteiger partial charge < -0.3 is 0 Å². The molecule has 0 radical (unpaired) electrons. The molecule has 1 amide bonds. The highest BCUT2D eigenvalue weighted by molar-refractivity contribution is 7.89. The summed E-state index contributed by atoms with van der Waals surface area (Å²) in [6.07, 6.45) is 4.01. The van der Waals surface area contributed by atoms with Gasteiger partial charge in [-0.1, -0.05) is 18.2 Å². The molecule has 0 aliphatic carbocycles. The number of nitrogens with zero attached hydrogens (tertiary/aromatic N) is 3. The Morgan fingerprint density at radius 3 is 2.71 bits per heavy atom. The number of carbonyl (C=O) groups is 1. The second-order valence-electron chi connectivity index (χ2n) is 4.85. The summed E-state index contributed by atoms with van der Waals surface area (Å²) in [5, 5.41) is 10.2. The van der Waals surface area contributed by atoms with Crippen LogP contribution in [0.1, 0.15) is 5.69 Å². The van der Waals surface area contributed by atoms with Crippen LogP contribution in [0.4, 0.5) is 0 Å². The molecule has 0 spiro atoms. The van der Waals surface area contributed by atoms with E-state index in [1.807, 2.05) is 35.2 Å². The minimum absolute atomic E-state index is 0.0618. The standard InChI is InChI=1S/C14H14N6O3S/c21-14(17-19-24(22,23)13-9-15-16-10-13)8-11-6-7-20(18-11)12-4-2-1-3-5-12/h1-7,9-10,19H,8H2,(H,15,16)(H,17,21). The zero-order valence-corrected chi connectivity index (χ0v) is 13.2. The third-order valence-corrected chi connectivity index (χ3v) is 4.33. The fourth-order valence-corrected chi connectivity index (χ4v) is 2.72. The lowest BCUT2D eigenvalue weighted by molar-refractivity contribution is -0.120. The Hall–Kier alpha value is -2.98. The van der Waals surface area contributed by atoms with E-state index in [9.17, 15) is 13.2 Å². The van der Waals surface area contributed by atoms with Crippen molar-refractivity contribution in [2.75, 3.05) is 0 Å². The van der Waals surface area contributed by atoms with Gasteiger partial charge in [-0.3, -0.25) is 15.3 Å². The number of benzene rings is 1. The Morgan fingerprint density at radius 1 is 1.21 bits per heavy atom. The Balaban J connectivity index is 1.59. The van der Waals surface area contributed by atoms with Crippen molar-refractivity contribution in [2.24, 2.45) is 0 Å². The van der Waals surface area contributed by atoms with Crippen molar-refractivity contribution in [3.8, 4) is 5.69 Å². The number of aromatic amines is 1. The molecule has 0 unspecified atom stereocenters. The zero-order valence-electron chi connectivity index (χ0n) is 12.4. The lowest BCUT2D eigenvalue weighted by Crippen LogP contribution is -2.42. The first-order valence-electron chi connectivity index (χ1n) is 6.94. The Kier molecular flexibility index (Phi) is 4.40. The van der Waals surface area contributed by atoms with E-state index in [1.165, 1.54) is 6.20 Å². The third kappa shape index (κ3) is 3.67. The summed E-state index contributed by atoms with van der Waals surface area (Å²) in [6, 6.07) is 11.1. The number of amides is 1. The molecule has 0 aliphatic heterocycles. The number of H-pyrrole nitrogens is 1. The van der Waals surface area contributed by atoms with Gasteiger partial charge in [-0.2, -0.15) is 10.2 Å². The number of nitrogens with one attached hydrogen (secondary N) is 3. The molecule has 2 aromatic heterocycles. The minimum atomic E-state index is -3.84. The van der Waals surface area contributed by atoms with Crippen molar-refractivity contribution in [3.05, 3.63) is 60.7 Å². The Morgan fingerprint density at radius 2 is 2.00 bits per heavy atom. The van der Waals surface area contributed by atoms with Crippen molar-refractivity contribution >= 4 is 15.9 Å². The maximum Gasteiger partial charge on any atom is 0.260 e. The van der Waals surface area contributed by atoms with Crippen LogP contribution in [-0.4, -0.2) is 34.3 Å². The van der Waals surface area contributed by atoms with E-state index in [0.717, 1.165) is 11.9 Å². The van der Waals surface area contributed by atoms with E-state index in [4.69, 9.17) is 0 Å². The number of para-hydroxylation sites is 1. The topological polar surface area (TPSA) is 122 Å². The second-order valence-corrected chi connectivity index (χ2v) is 6.53. The van der Waals surface area contributed by atoms with E-state index in [1.54, 1.807) is 16.9 Å². The molecule has 10 heteroatoms. The van der Waals surface area contributed by atoms with Gasteiger partial charge in [0.15, 0.2) is 0 Å². The lowest BCUT2D eigenvalue weighted by atomic mass is 10.3. The molecule has 124 valence electrons. The van der Waals surface area contributed by atoms with Crippen LogP contribution >= 0.6 is 0 Å². The van der Waals surface area contributed by atoms with Crippen molar-refractivity contribution < 1.29 is 13.2 Å². The first-order chi connectivity index (χ1) is 11.5. The summed E-state index contributed by atoms with van der Waals surface area (Å²) >= 11 is 0. The summed E-state index contributed by atoms with van der Waals surface area (Å²) < 4.78 is 25.3. The molecule has 0 saturated heterocycles. The molecule has 0 aliphatic rings. The van der Waals surface area contributed by atoms with Crippen molar-refractivity contribution in [3.63, 3.8) is 0 Å². The van der Waals surface area contributed by atoms with Crippen LogP contribution < -0.4 is 10.3 Å². The maximum absolute atomic E-state index is 11.9. The van der Waals surface area contributed by atoms with Crippen molar-refractivity contribution in [2.45, 2.75) is 11.3 Å². The highest BCUT2D eigenvalue weighted by Crippen LogP contribution is 2.07. The van der Waals surface area contributed by atoms with Crippen LogP contribution in [-0.2, 0) is 21.2 Å². The fraction of sp³-hybridized carbons (Fsp3) is 0.0714. The van der Waals surface area contributed by atoms with Gasteiger partial charge in [0.05, 0.1) is 24.0 Å². The first-order valence-corrected chi connectivity index (χ1v) is 8.42. The Bertz CT molecular complexity index is 919. The quantitative estimate of drug-likeness (QED) is 0.548. The smallest absolute Gasteiger partial charge is 0.260 e. The van der Waals surface area contributed by atoms with Gasteiger partial charge in [0, 0.05) is 12.4 Å². The summed E-state index contributed by atoms with van der Waals surface area (Å²) in [4.78, 5) is 13.8. The number of aromatic nitrogens is 4. The molecule has 3 aromatic rings. The van der Waals surface area contributed by atoms with E-state index in [-0.39, 0.29) is 11.3 Å². The predicted octanol–water partition coefficient (Wildman–Crippen LogP) is 0.148. The van der Waals surface area contributed by atoms with Crippen LogP contribution in [0.3, 0.4) is 0 Å². The number of sulfonamides is 1. The number of rotatable bonds is 6. The van der Waals surface area contributed by atoms with E-state index in [2.05, 4.69) is 20.7 Å². The minimum Gasteiger partial charge on any atom is -0.284 e. The van der Waals surface area contributed by atoms with Gasteiger partial charge in [0.1, 0.15) is 4.90 Å². The summed E-state index contributed by atoms with van der Waals surface area (Å²) in [5.41, 5.74) is 3.52. The molecule has 1 aromatic carbocycles. The monoisotopic (exact) mass is 346 g/mol. The molecule has 9 nitrogen and oxygen atoms in total. The molecule has 0 saturated carbocycles. The van der Waals surface area contributed by atoms with Gasteiger partial charge in [0.2, 0.25) is 5.91 Å². The normalized spacial score (nSPS) is 11.3. The van der Waals surface area contributed by atoms with Gasteiger partial charge in [-0.25, -0.2) is 13.1 Å². The number of carbonyl (C=O) groups excluding carboxylic acids is 1. The van der Waals surface area contributed by atoms with Crippen LogP contribution in [0.2, 0.25) is 0 Å². The fourth-order valence-electron chi connectivity index (χ4n) is 1.96. The van der Waals surface area contributed by atoms with Crippen LogP contribution in [0, 0.1) is 0 Å². The third-order valence-electron chi connectivity index (χ3n) is 3.11. The molecule has 24 heavy (non-hydrogen) atoms. The van der Waals surface area contributed by atoms with Crippen LogP contribution in [0.25, 0.3) is 5.69 Å². The number of hydrazine groups is 1. The van der Waals surface area contributed by atoms with Crippen molar-refractivity contribution in [1.29, 1.82) is 0 Å². The maximum atomic E-state index is 11.9. The number of hydrogen-bond donors (Lipinski definition) is 3. The van der Waals surface area contributed by atoms with Gasteiger partial charge >= 0.3 is 0 Å². The SMILES string of the molecule is O=C(Cc1ccn(-c2ccccc2)n1)NNS(=O)(=O)c1cn[nH]c1. The average Bonchev–Trinajstić information content (AvgIpc) is 3.26. The number of hydrogen-bond acceptors (Lipinski definition) is 5. The molecule has 3 N–H and O–H groups in total. The molecule has 3 rings (SSSR count). The molecule has 0 bridgehead atoms. The van der Waals surface area contributed by atoms with Gasteiger partial charge in [-0.05, 0) is 18.2 Å². The summed E-state index contributed by atoms with van der Waals surface area (Å²) in [5.74, 6) is -0.527. The molecular weight excluding hydrogens is 332 g/mol.